The van der Waals surface area contributed by atoms with Gasteiger partial charge in [-0.05, 0) is 71.8 Å². The molecule has 0 bridgehead atoms. The lowest BCUT2D eigenvalue weighted by molar-refractivity contribution is 0.0693. The maximum atomic E-state index is 12.0. The zero-order valence-electron chi connectivity index (χ0n) is 18.5. The van der Waals surface area contributed by atoms with Gasteiger partial charge in [0, 0.05) is 0 Å². The molecular formula is C29H26O3. The van der Waals surface area contributed by atoms with Gasteiger partial charge in [0.2, 0.25) is 0 Å². The highest BCUT2D eigenvalue weighted by Crippen LogP contribution is 2.49. The summed E-state index contributed by atoms with van der Waals surface area (Å²) < 4.78 is 0. The Kier molecular flexibility index (Phi) is 5.58. The van der Waals surface area contributed by atoms with Crippen LogP contribution in [-0.4, -0.2) is 16.2 Å². The number of aromatic hydroxyl groups is 1. The van der Waals surface area contributed by atoms with Gasteiger partial charge in [-0.3, -0.25) is 0 Å². The molecule has 0 aliphatic rings. The Bertz CT molecular complexity index is 1190. The van der Waals surface area contributed by atoms with Gasteiger partial charge >= 0.3 is 5.97 Å². The van der Waals surface area contributed by atoms with E-state index in [1.807, 2.05) is 42.5 Å². The van der Waals surface area contributed by atoms with E-state index in [0.717, 1.165) is 38.9 Å². The van der Waals surface area contributed by atoms with Gasteiger partial charge in [-0.25, -0.2) is 4.79 Å². The van der Waals surface area contributed by atoms with E-state index in [1.165, 1.54) is 6.07 Å². The Morgan fingerprint density at radius 3 is 1.44 bits per heavy atom. The van der Waals surface area contributed by atoms with Gasteiger partial charge < -0.3 is 10.2 Å². The molecule has 0 saturated heterocycles. The van der Waals surface area contributed by atoms with Gasteiger partial charge in [-0.15, -0.1) is 0 Å². The van der Waals surface area contributed by atoms with Crippen molar-refractivity contribution < 1.29 is 15.0 Å². The van der Waals surface area contributed by atoms with Crippen molar-refractivity contribution in [3.8, 4) is 5.75 Å². The van der Waals surface area contributed by atoms with Crippen molar-refractivity contribution in [2.24, 2.45) is 0 Å². The van der Waals surface area contributed by atoms with Crippen LogP contribution in [0, 0.1) is 20.8 Å². The first-order chi connectivity index (χ1) is 15.4. The van der Waals surface area contributed by atoms with Crippen molar-refractivity contribution >= 4 is 5.97 Å². The highest BCUT2D eigenvalue weighted by molar-refractivity contribution is 5.91. The van der Waals surface area contributed by atoms with Gasteiger partial charge in [0.25, 0.3) is 0 Å². The molecule has 0 aliphatic carbocycles. The number of carboxylic acids is 1. The van der Waals surface area contributed by atoms with Crippen LogP contribution in [0.2, 0.25) is 0 Å². The Balaban J connectivity index is 2.26. The van der Waals surface area contributed by atoms with Crippen molar-refractivity contribution in [3.63, 3.8) is 0 Å². The Morgan fingerprint density at radius 1 is 0.656 bits per heavy atom. The SMILES string of the molecule is Cc1ccccc1C(c1ccc(O)c(C(=O)O)c1)(c1ccccc1C)c1ccccc1C. The molecule has 4 aromatic rings. The number of hydrogen-bond acceptors (Lipinski definition) is 2. The van der Waals surface area contributed by atoms with Gasteiger partial charge in [0.1, 0.15) is 11.3 Å². The molecule has 3 nitrogen and oxygen atoms in total. The molecular weight excluding hydrogens is 396 g/mol. The van der Waals surface area contributed by atoms with Crippen LogP contribution in [0.3, 0.4) is 0 Å². The van der Waals surface area contributed by atoms with Crippen molar-refractivity contribution in [1.82, 2.24) is 0 Å². The van der Waals surface area contributed by atoms with Gasteiger partial charge in [-0.1, -0.05) is 78.9 Å². The summed E-state index contributed by atoms with van der Waals surface area (Å²) in [6.07, 6.45) is 0. The number of phenols is 1. The van der Waals surface area contributed by atoms with E-state index in [0.29, 0.717) is 0 Å². The Morgan fingerprint density at radius 2 is 1.06 bits per heavy atom. The van der Waals surface area contributed by atoms with E-state index >= 15 is 0 Å². The summed E-state index contributed by atoms with van der Waals surface area (Å²) in [5.41, 5.74) is 6.45. The lowest BCUT2D eigenvalue weighted by atomic mass is 9.62. The number of aryl methyl sites for hydroxylation is 3. The number of aromatic carboxylic acids is 1. The van der Waals surface area contributed by atoms with Gasteiger partial charge in [0.15, 0.2) is 0 Å². The van der Waals surface area contributed by atoms with E-state index in [-0.39, 0.29) is 11.3 Å². The molecule has 0 unspecified atom stereocenters. The fourth-order valence-corrected chi connectivity index (χ4v) is 4.82. The number of benzene rings is 4. The molecule has 0 heterocycles. The second-order valence-corrected chi connectivity index (χ2v) is 8.23. The summed E-state index contributed by atoms with van der Waals surface area (Å²) in [6, 6.07) is 29.6. The Hall–Kier alpha value is -3.85. The van der Waals surface area contributed by atoms with Crippen LogP contribution in [-0.2, 0) is 5.41 Å². The van der Waals surface area contributed by atoms with E-state index in [4.69, 9.17) is 0 Å². The lowest BCUT2D eigenvalue weighted by Gasteiger charge is -2.40. The second kappa shape index (κ2) is 8.35. The van der Waals surface area contributed by atoms with E-state index in [1.54, 1.807) is 6.07 Å². The molecule has 0 amide bonds. The van der Waals surface area contributed by atoms with Crippen LogP contribution >= 0.6 is 0 Å². The van der Waals surface area contributed by atoms with Gasteiger partial charge in [0.05, 0.1) is 5.41 Å². The summed E-state index contributed by atoms with van der Waals surface area (Å²) in [5, 5.41) is 20.0. The van der Waals surface area contributed by atoms with Crippen molar-refractivity contribution in [2.45, 2.75) is 26.2 Å². The third kappa shape index (κ3) is 3.36. The summed E-state index contributed by atoms with van der Waals surface area (Å²) in [6.45, 7) is 6.25. The molecule has 0 spiro atoms. The van der Waals surface area contributed by atoms with Crippen LogP contribution in [0.4, 0.5) is 0 Å². The highest BCUT2D eigenvalue weighted by atomic mass is 16.4. The third-order valence-electron chi connectivity index (χ3n) is 6.31. The smallest absolute Gasteiger partial charge is 0.339 e. The fourth-order valence-electron chi connectivity index (χ4n) is 4.82. The number of carbonyl (C=O) groups is 1. The molecule has 0 aromatic heterocycles. The molecule has 0 fully saturated rings. The van der Waals surface area contributed by atoms with Crippen LogP contribution in [0.1, 0.15) is 49.3 Å². The van der Waals surface area contributed by atoms with Crippen LogP contribution in [0.25, 0.3) is 0 Å². The predicted octanol–water partition coefficient (Wildman–Crippen LogP) is 6.40. The average Bonchev–Trinajstić information content (AvgIpc) is 2.78. The lowest BCUT2D eigenvalue weighted by Crippen LogP contribution is -2.33. The van der Waals surface area contributed by atoms with Crippen molar-refractivity contribution in [2.75, 3.05) is 0 Å². The summed E-state index contributed by atoms with van der Waals surface area (Å²) in [7, 11) is 0. The molecule has 0 saturated carbocycles. The molecule has 0 aliphatic heterocycles. The second-order valence-electron chi connectivity index (χ2n) is 8.23. The molecule has 0 atom stereocenters. The quantitative estimate of drug-likeness (QED) is 0.366. The van der Waals surface area contributed by atoms with E-state index in [9.17, 15) is 15.0 Å². The molecule has 0 radical (unpaired) electrons. The summed E-state index contributed by atoms with van der Waals surface area (Å²) in [4.78, 5) is 12.0. The molecule has 32 heavy (non-hydrogen) atoms. The minimum Gasteiger partial charge on any atom is -0.507 e. The number of rotatable bonds is 5. The minimum atomic E-state index is -1.15. The average molecular weight is 423 g/mol. The monoisotopic (exact) mass is 422 g/mol. The Labute approximate surface area is 188 Å². The minimum absolute atomic E-state index is 0.109. The van der Waals surface area contributed by atoms with E-state index in [2.05, 4.69) is 57.2 Å². The summed E-state index contributed by atoms with van der Waals surface area (Å²) >= 11 is 0. The standard InChI is InChI=1S/C29H26O3/c1-19-10-4-7-13-24(19)29(25-14-8-5-11-20(25)2,26-15-9-6-12-21(26)3)22-16-17-27(30)23(18-22)28(31)32/h4-18,30H,1-3H3,(H,31,32). The first kappa shape index (κ1) is 21.4. The zero-order valence-corrected chi connectivity index (χ0v) is 18.5. The van der Waals surface area contributed by atoms with Crippen molar-refractivity contribution in [3.05, 3.63) is 136 Å². The van der Waals surface area contributed by atoms with E-state index < -0.39 is 11.4 Å². The molecule has 160 valence electrons. The predicted molar refractivity (Wildman–Crippen MR) is 128 cm³/mol. The zero-order chi connectivity index (χ0) is 22.9. The maximum absolute atomic E-state index is 12.0. The summed E-state index contributed by atoms with van der Waals surface area (Å²) in [5.74, 6) is -1.40. The van der Waals surface area contributed by atoms with Crippen LogP contribution in [0.5, 0.6) is 5.75 Å². The van der Waals surface area contributed by atoms with Crippen LogP contribution < -0.4 is 0 Å². The molecule has 3 heteroatoms. The first-order valence-corrected chi connectivity index (χ1v) is 10.6. The maximum Gasteiger partial charge on any atom is 0.339 e. The van der Waals surface area contributed by atoms with Crippen molar-refractivity contribution in [1.29, 1.82) is 0 Å². The largest absolute Gasteiger partial charge is 0.507 e. The van der Waals surface area contributed by atoms with Gasteiger partial charge in [-0.2, -0.15) is 0 Å². The fraction of sp³-hybridized carbons (Fsp3) is 0.138. The number of hydrogen-bond donors (Lipinski definition) is 2. The number of carboxylic acid groups (broad SMARTS) is 1. The van der Waals surface area contributed by atoms with Crippen LogP contribution in [0.15, 0.2) is 91.0 Å². The molecule has 4 aromatic carbocycles. The normalized spacial score (nSPS) is 11.3. The molecule has 2 N–H and O–H groups in total. The topological polar surface area (TPSA) is 57.5 Å². The molecule has 4 rings (SSSR count). The first-order valence-electron chi connectivity index (χ1n) is 10.6. The highest BCUT2D eigenvalue weighted by Gasteiger charge is 2.41. The third-order valence-corrected chi connectivity index (χ3v) is 6.31.